The van der Waals surface area contributed by atoms with Crippen LogP contribution in [0.25, 0.3) is 0 Å². The van der Waals surface area contributed by atoms with Gasteiger partial charge in [0.15, 0.2) is 0 Å². The summed E-state index contributed by atoms with van der Waals surface area (Å²) >= 11 is 0. The molecule has 2 aliphatic carbocycles. The highest BCUT2D eigenvalue weighted by molar-refractivity contribution is 5.36. The molecule has 74 valence electrons. The first kappa shape index (κ1) is 8.49. The Morgan fingerprint density at radius 1 is 1.07 bits per heavy atom. The van der Waals surface area contributed by atoms with Crippen LogP contribution in [0.3, 0.4) is 0 Å². The van der Waals surface area contributed by atoms with E-state index in [0.717, 1.165) is 18.8 Å². The fraction of sp³-hybridized carbons (Fsp3) is 0.538. The first-order valence-electron chi connectivity index (χ1n) is 5.64. The van der Waals surface area contributed by atoms with Crippen molar-refractivity contribution in [3.63, 3.8) is 0 Å². The molecule has 2 N–H and O–H groups in total. The van der Waals surface area contributed by atoms with Crippen molar-refractivity contribution in [3.8, 4) is 0 Å². The molecular weight excluding hydrogens is 170 g/mol. The molecule has 3 rings (SSSR count). The van der Waals surface area contributed by atoms with Crippen molar-refractivity contribution in [2.45, 2.75) is 37.6 Å². The predicted molar refractivity (Wildman–Crippen MR) is 58.1 cm³/mol. The first-order valence-corrected chi connectivity index (χ1v) is 5.64. The van der Waals surface area contributed by atoms with Gasteiger partial charge >= 0.3 is 0 Å². The van der Waals surface area contributed by atoms with Crippen molar-refractivity contribution in [3.05, 3.63) is 35.4 Å². The summed E-state index contributed by atoms with van der Waals surface area (Å²) in [6.45, 7) is 0. The molecule has 0 atom stereocenters. The SMILES string of the molecule is NC1(C2CCC2)Cc2ccccc2C1. The minimum Gasteiger partial charge on any atom is -0.324 e. The van der Waals surface area contributed by atoms with Crippen LogP contribution >= 0.6 is 0 Å². The van der Waals surface area contributed by atoms with Crippen LogP contribution in [0.2, 0.25) is 0 Å². The van der Waals surface area contributed by atoms with E-state index in [-0.39, 0.29) is 5.54 Å². The summed E-state index contributed by atoms with van der Waals surface area (Å²) < 4.78 is 0. The maximum atomic E-state index is 6.51. The van der Waals surface area contributed by atoms with Gasteiger partial charge in [-0.25, -0.2) is 0 Å². The molecule has 0 amide bonds. The summed E-state index contributed by atoms with van der Waals surface area (Å²) in [5, 5.41) is 0. The fourth-order valence-corrected chi connectivity index (χ4v) is 2.95. The van der Waals surface area contributed by atoms with Crippen molar-refractivity contribution in [1.82, 2.24) is 0 Å². The number of hydrogen-bond donors (Lipinski definition) is 1. The third kappa shape index (κ3) is 1.12. The monoisotopic (exact) mass is 187 g/mol. The minimum atomic E-state index is 0.0991. The molecule has 1 aromatic rings. The molecule has 0 heterocycles. The van der Waals surface area contributed by atoms with Crippen LogP contribution in [-0.4, -0.2) is 5.54 Å². The third-order valence-corrected chi connectivity index (χ3v) is 4.08. The smallest absolute Gasteiger partial charge is 0.0264 e. The highest BCUT2D eigenvalue weighted by atomic mass is 14.8. The maximum absolute atomic E-state index is 6.51. The minimum absolute atomic E-state index is 0.0991. The van der Waals surface area contributed by atoms with Crippen LogP contribution in [0.1, 0.15) is 30.4 Å². The molecule has 1 heteroatoms. The van der Waals surface area contributed by atoms with Gasteiger partial charge in [-0.3, -0.25) is 0 Å². The Balaban J connectivity index is 1.89. The maximum Gasteiger partial charge on any atom is 0.0264 e. The zero-order chi connectivity index (χ0) is 9.60. The van der Waals surface area contributed by atoms with Gasteiger partial charge < -0.3 is 5.73 Å². The third-order valence-electron chi connectivity index (χ3n) is 4.08. The van der Waals surface area contributed by atoms with E-state index in [0.29, 0.717) is 0 Å². The second kappa shape index (κ2) is 2.83. The van der Waals surface area contributed by atoms with Gasteiger partial charge in [0.25, 0.3) is 0 Å². The summed E-state index contributed by atoms with van der Waals surface area (Å²) in [7, 11) is 0. The Morgan fingerprint density at radius 3 is 2.07 bits per heavy atom. The normalized spacial score (nSPS) is 24.4. The summed E-state index contributed by atoms with van der Waals surface area (Å²) in [4.78, 5) is 0. The molecule has 0 aromatic heterocycles. The topological polar surface area (TPSA) is 26.0 Å². The molecule has 1 nitrogen and oxygen atoms in total. The number of nitrogens with two attached hydrogens (primary N) is 1. The zero-order valence-electron chi connectivity index (χ0n) is 8.50. The van der Waals surface area contributed by atoms with Crippen molar-refractivity contribution in [2.24, 2.45) is 11.7 Å². The van der Waals surface area contributed by atoms with Crippen molar-refractivity contribution < 1.29 is 0 Å². The van der Waals surface area contributed by atoms with Crippen LogP contribution in [0, 0.1) is 5.92 Å². The van der Waals surface area contributed by atoms with Crippen LogP contribution in [0.15, 0.2) is 24.3 Å². The highest BCUT2D eigenvalue weighted by Gasteiger charge is 2.42. The molecule has 0 bridgehead atoms. The van der Waals surface area contributed by atoms with Crippen molar-refractivity contribution in [1.29, 1.82) is 0 Å². The quantitative estimate of drug-likeness (QED) is 0.717. The van der Waals surface area contributed by atoms with E-state index in [2.05, 4.69) is 24.3 Å². The lowest BCUT2D eigenvalue weighted by Gasteiger charge is -2.40. The number of hydrogen-bond acceptors (Lipinski definition) is 1. The molecule has 0 spiro atoms. The van der Waals surface area contributed by atoms with E-state index in [1.807, 2.05) is 0 Å². The van der Waals surface area contributed by atoms with Crippen molar-refractivity contribution >= 4 is 0 Å². The second-order valence-electron chi connectivity index (χ2n) is 4.98. The lowest BCUT2D eigenvalue weighted by molar-refractivity contribution is 0.174. The summed E-state index contributed by atoms with van der Waals surface area (Å²) in [6.07, 6.45) is 6.30. The van der Waals surface area contributed by atoms with Crippen LogP contribution < -0.4 is 5.73 Å². The lowest BCUT2D eigenvalue weighted by atomic mass is 9.70. The second-order valence-corrected chi connectivity index (χ2v) is 4.98. The van der Waals surface area contributed by atoms with E-state index in [1.165, 1.54) is 30.4 Å². The van der Waals surface area contributed by atoms with Crippen LogP contribution in [0.4, 0.5) is 0 Å². The van der Waals surface area contributed by atoms with Crippen LogP contribution in [0.5, 0.6) is 0 Å². The van der Waals surface area contributed by atoms with Gasteiger partial charge in [-0.05, 0) is 42.7 Å². The van der Waals surface area contributed by atoms with E-state index in [9.17, 15) is 0 Å². The molecule has 0 saturated heterocycles. The van der Waals surface area contributed by atoms with E-state index in [4.69, 9.17) is 5.73 Å². The van der Waals surface area contributed by atoms with Gasteiger partial charge in [0, 0.05) is 5.54 Å². The number of rotatable bonds is 1. The standard InChI is InChI=1S/C13H17N/c14-13(12-6-3-7-12)8-10-4-1-2-5-11(10)9-13/h1-2,4-5,12H,3,6-9,14H2. The van der Waals surface area contributed by atoms with Crippen LogP contribution in [-0.2, 0) is 12.8 Å². The molecule has 1 aromatic carbocycles. The van der Waals surface area contributed by atoms with E-state index >= 15 is 0 Å². The zero-order valence-corrected chi connectivity index (χ0v) is 8.50. The molecule has 1 saturated carbocycles. The Bertz CT molecular complexity index is 327. The van der Waals surface area contributed by atoms with Crippen molar-refractivity contribution in [2.75, 3.05) is 0 Å². The van der Waals surface area contributed by atoms with Gasteiger partial charge in [0.2, 0.25) is 0 Å². The molecule has 1 fully saturated rings. The van der Waals surface area contributed by atoms with Gasteiger partial charge in [-0.1, -0.05) is 30.7 Å². The van der Waals surface area contributed by atoms with Gasteiger partial charge in [0.05, 0.1) is 0 Å². The average molecular weight is 187 g/mol. The molecule has 2 aliphatic rings. The van der Waals surface area contributed by atoms with Gasteiger partial charge in [0.1, 0.15) is 0 Å². The summed E-state index contributed by atoms with van der Waals surface area (Å²) in [5.74, 6) is 0.787. The molecule has 14 heavy (non-hydrogen) atoms. The molecule has 0 aliphatic heterocycles. The number of benzene rings is 1. The number of fused-ring (bicyclic) bond motifs is 1. The Morgan fingerprint density at radius 2 is 1.64 bits per heavy atom. The van der Waals surface area contributed by atoms with E-state index in [1.54, 1.807) is 0 Å². The molecule has 0 radical (unpaired) electrons. The average Bonchev–Trinajstić information content (AvgIpc) is 2.36. The lowest BCUT2D eigenvalue weighted by Crippen LogP contribution is -2.50. The Kier molecular flexibility index (Phi) is 1.72. The Hall–Kier alpha value is -0.820. The first-order chi connectivity index (χ1) is 6.78. The van der Waals surface area contributed by atoms with E-state index < -0.39 is 0 Å². The predicted octanol–water partition coefficient (Wildman–Crippen LogP) is 2.28. The Labute approximate surface area is 85.3 Å². The van der Waals surface area contributed by atoms with Gasteiger partial charge in [-0.2, -0.15) is 0 Å². The summed E-state index contributed by atoms with van der Waals surface area (Å²) in [6, 6.07) is 8.74. The fourth-order valence-electron chi connectivity index (χ4n) is 2.95. The summed E-state index contributed by atoms with van der Waals surface area (Å²) in [5.41, 5.74) is 9.59. The molecule has 0 unspecified atom stereocenters. The molecular formula is C13H17N. The van der Waals surface area contributed by atoms with Gasteiger partial charge in [-0.15, -0.1) is 0 Å². The highest BCUT2D eigenvalue weighted by Crippen LogP contribution is 2.42. The largest absolute Gasteiger partial charge is 0.324 e.